The lowest BCUT2D eigenvalue weighted by molar-refractivity contribution is 0.0562. The Kier molecular flexibility index (Phi) is 4.83. The summed E-state index contributed by atoms with van der Waals surface area (Å²) in [7, 11) is 3.16. The van der Waals surface area contributed by atoms with Crippen LogP contribution in [0.5, 0.6) is 0 Å². The third-order valence-electron chi connectivity index (χ3n) is 2.58. The lowest BCUT2D eigenvalue weighted by atomic mass is 10.1. The van der Waals surface area contributed by atoms with Crippen molar-refractivity contribution in [2.75, 3.05) is 14.2 Å². The van der Waals surface area contributed by atoms with E-state index in [0.29, 0.717) is 5.76 Å². The molecular formula is C12H11Br2NO3S. The van der Waals surface area contributed by atoms with Gasteiger partial charge in [-0.1, -0.05) is 0 Å². The quantitative estimate of drug-likeness (QED) is 0.778. The molecule has 0 spiro atoms. The van der Waals surface area contributed by atoms with Crippen molar-refractivity contribution in [1.29, 1.82) is 0 Å². The molecule has 0 aliphatic carbocycles. The summed E-state index contributed by atoms with van der Waals surface area (Å²) in [5.74, 6) is 0.378. The number of methoxy groups -OCH3 is 1. The Morgan fingerprint density at radius 3 is 2.74 bits per heavy atom. The Bertz CT molecular complexity index is 594. The predicted octanol–water partition coefficient (Wildman–Crippen LogP) is 3.96. The third-order valence-corrected chi connectivity index (χ3v) is 4.97. The van der Waals surface area contributed by atoms with Crippen molar-refractivity contribution in [1.82, 2.24) is 5.32 Å². The first-order chi connectivity index (χ1) is 9.06. The molecule has 0 amide bonds. The molecule has 2 aromatic heterocycles. The van der Waals surface area contributed by atoms with Crippen molar-refractivity contribution in [3.63, 3.8) is 0 Å². The molecule has 1 unspecified atom stereocenters. The van der Waals surface area contributed by atoms with E-state index in [1.54, 1.807) is 23.5 Å². The molecule has 2 aromatic rings. The van der Waals surface area contributed by atoms with Gasteiger partial charge in [0, 0.05) is 5.56 Å². The number of furan rings is 1. The number of hydrogen-bond acceptors (Lipinski definition) is 5. The van der Waals surface area contributed by atoms with Gasteiger partial charge in [-0.05, 0) is 57.1 Å². The first kappa shape index (κ1) is 14.8. The molecule has 0 bridgehead atoms. The fourth-order valence-electron chi connectivity index (χ4n) is 1.72. The SMILES string of the molecule is CNC(c1ccc(C(=O)OC)o1)c1cc(Br)sc1Br. The zero-order valence-corrected chi connectivity index (χ0v) is 14.2. The number of esters is 1. The van der Waals surface area contributed by atoms with Gasteiger partial charge in [-0.15, -0.1) is 11.3 Å². The topological polar surface area (TPSA) is 51.5 Å². The molecule has 2 rings (SSSR count). The molecular weight excluding hydrogens is 398 g/mol. The minimum absolute atomic E-state index is 0.129. The Morgan fingerprint density at radius 1 is 1.47 bits per heavy atom. The molecule has 4 nitrogen and oxygen atoms in total. The molecule has 0 saturated heterocycles. The Hall–Kier alpha value is -0.630. The van der Waals surface area contributed by atoms with Gasteiger partial charge in [-0.3, -0.25) is 0 Å². The fourth-order valence-corrected chi connectivity index (χ4v) is 4.62. The predicted molar refractivity (Wildman–Crippen MR) is 80.7 cm³/mol. The Balaban J connectivity index is 2.34. The van der Waals surface area contributed by atoms with Gasteiger partial charge in [0.25, 0.3) is 0 Å². The van der Waals surface area contributed by atoms with Crippen molar-refractivity contribution in [2.45, 2.75) is 6.04 Å². The van der Waals surface area contributed by atoms with Crippen molar-refractivity contribution < 1.29 is 13.9 Å². The fraction of sp³-hybridized carbons (Fsp3) is 0.250. The van der Waals surface area contributed by atoms with E-state index in [9.17, 15) is 4.79 Å². The number of nitrogens with one attached hydrogen (secondary N) is 1. The van der Waals surface area contributed by atoms with Gasteiger partial charge in [0.15, 0.2) is 0 Å². The zero-order valence-electron chi connectivity index (χ0n) is 10.2. The van der Waals surface area contributed by atoms with Gasteiger partial charge in [-0.2, -0.15) is 0 Å². The number of carbonyl (C=O) groups excluding carboxylic acids is 1. The van der Waals surface area contributed by atoms with Crippen LogP contribution >= 0.6 is 43.2 Å². The highest BCUT2D eigenvalue weighted by Gasteiger charge is 2.22. The summed E-state index contributed by atoms with van der Waals surface area (Å²) in [5, 5.41) is 3.17. The molecule has 7 heteroatoms. The standard InChI is InChI=1S/C12H11Br2NO3S/c1-15-10(6-5-9(13)19-11(6)14)7-3-4-8(18-7)12(16)17-2/h3-5,10,15H,1-2H3. The maximum absolute atomic E-state index is 11.4. The van der Waals surface area contributed by atoms with Gasteiger partial charge >= 0.3 is 5.97 Å². The summed E-state index contributed by atoms with van der Waals surface area (Å²) < 4.78 is 12.2. The minimum atomic E-state index is -0.480. The highest BCUT2D eigenvalue weighted by atomic mass is 79.9. The number of rotatable bonds is 4. The summed E-state index contributed by atoms with van der Waals surface area (Å²) >= 11 is 8.55. The second kappa shape index (κ2) is 6.21. The summed E-state index contributed by atoms with van der Waals surface area (Å²) in [6.07, 6.45) is 0. The molecule has 19 heavy (non-hydrogen) atoms. The average molecular weight is 409 g/mol. The van der Waals surface area contributed by atoms with E-state index in [2.05, 4.69) is 41.9 Å². The van der Waals surface area contributed by atoms with Gasteiger partial charge in [0.2, 0.25) is 5.76 Å². The molecule has 0 aliphatic heterocycles. The monoisotopic (exact) mass is 407 g/mol. The van der Waals surface area contributed by atoms with Crippen LogP contribution in [0.25, 0.3) is 0 Å². The van der Waals surface area contributed by atoms with Gasteiger partial charge in [0.1, 0.15) is 5.76 Å². The molecule has 0 saturated carbocycles. The summed E-state index contributed by atoms with van der Waals surface area (Å²) in [5.41, 5.74) is 1.05. The molecule has 0 radical (unpaired) electrons. The lowest BCUT2D eigenvalue weighted by Crippen LogP contribution is -2.16. The normalized spacial score (nSPS) is 12.4. The lowest BCUT2D eigenvalue weighted by Gasteiger charge is -2.12. The van der Waals surface area contributed by atoms with Crippen LogP contribution in [-0.2, 0) is 4.74 Å². The highest BCUT2D eigenvalue weighted by Crippen LogP contribution is 2.38. The molecule has 0 fully saturated rings. The Morgan fingerprint density at radius 2 is 2.21 bits per heavy atom. The van der Waals surface area contributed by atoms with Crippen LogP contribution in [0.15, 0.2) is 30.2 Å². The van der Waals surface area contributed by atoms with Crippen LogP contribution < -0.4 is 5.32 Å². The van der Waals surface area contributed by atoms with E-state index in [-0.39, 0.29) is 11.8 Å². The van der Waals surface area contributed by atoms with E-state index in [4.69, 9.17) is 4.42 Å². The molecule has 2 heterocycles. The maximum Gasteiger partial charge on any atom is 0.373 e. The largest absolute Gasteiger partial charge is 0.463 e. The van der Waals surface area contributed by atoms with E-state index < -0.39 is 5.97 Å². The van der Waals surface area contributed by atoms with Gasteiger partial charge in [0.05, 0.1) is 20.7 Å². The summed E-state index contributed by atoms with van der Waals surface area (Å²) in [6.45, 7) is 0. The summed E-state index contributed by atoms with van der Waals surface area (Å²) in [6, 6.07) is 5.26. The van der Waals surface area contributed by atoms with E-state index >= 15 is 0 Å². The Labute approximate surface area is 131 Å². The second-order valence-corrected chi connectivity index (χ2v) is 7.44. The smallest absolute Gasteiger partial charge is 0.373 e. The molecule has 102 valence electrons. The molecule has 1 atom stereocenters. The van der Waals surface area contributed by atoms with Crippen LogP contribution in [0.3, 0.4) is 0 Å². The number of hydrogen-bond donors (Lipinski definition) is 1. The minimum Gasteiger partial charge on any atom is -0.463 e. The van der Waals surface area contributed by atoms with Crippen molar-refractivity contribution in [3.05, 3.63) is 42.9 Å². The van der Waals surface area contributed by atoms with Gasteiger partial charge < -0.3 is 14.5 Å². The molecule has 0 aliphatic rings. The third kappa shape index (κ3) is 3.10. The highest BCUT2D eigenvalue weighted by molar-refractivity contribution is 9.12. The molecule has 1 N–H and O–H groups in total. The summed E-state index contributed by atoms with van der Waals surface area (Å²) in [4.78, 5) is 11.4. The maximum atomic E-state index is 11.4. The van der Waals surface area contributed by atoms with E-state index in [1.807, 2.05) is 13.1 Å². The first-order valence-corrected chi connectivity index (χ1v) is 7.77. The van der Waals surface area contributed by atoms with Crippen LogP contribution in [0.1, 0.15) is 27.9 Å². The van der Waals surface area contributed by atoms with Crippen LogP contribution in [0.4, 0.5) is 0 Å². The van der Waals surface area contributed by atoms with Crippen LogP contribution in [0.2, 0.25) is 0 Å². The van der Waals surface area contributed by atoms with E-state index in [1.165, 1.54) is 7.11 Å². The number of ether oxygens (including phenoxy) is 1. The average Bonchev–Trinajstić information content (AvgIpc) is 2.98. The zero-order chi connectivity index (χ0) is 14.0. The number of halogens is 2. The molecule has 0 aromatic carbocycles. The first-order valence-electron chi connectivity index (χ1n) is 5.37. The van der Waals surface area contributed by atoms with Gasteiger partial charge in [-0.25, -0.2) is 4.79 Å². The number of carbonyl (C=O) groups is 1. The van der Waals surface area contributed by atoms with Crippen molar-refractivity contribution >= 4 is 49.2 Å². The van der Waals surface area contributed by atoms with Crippen molar-refractivity contribution in [2.24, 2.45) is 0 Å². The van der Waals surface area contributed by atoms with Crippen molar-refractivity contribution in [3.8, 4) is 0 Å². The van der Waals surface area contributed by atoms with E-state index in [0.717, 1.165) is 13.1 Å². The van der Waals surface area contributed by atoms with Crippen LogP contribution in [-0.4, -0.2) is 20.1 Å². The number of thiophene rings is 1. The van der Waals surface area contributed by atoms with Crippen LogP contribution in [0, 0.1) is 0 Å². The second-order valence-electron chi connectivity index (χ2n) is 3.69.